The van der Waals surface area contributed by atoms with Gasteiger partial charge >= 0.3 is 6.18 Å². The first-order chi connectivity index (χ1) is 9.82. The first kappa shape index (κ1) is 15.9. The molecule has 0 saturated heterocycles. The molecule has 0 bridgehead atoms. The van der Waals surface area contributed by atoms with Gasteiger partial charge in [-0.2, -0.15) is 13.2 Å². The summed E-state index contributed by atoms with van der Waals surface area (Å²) in [6.07, 6.45) is -1.03. The molecular formula is C14H8BrClF3NO. The van der Waals surface area contributed by atoms with Crippen LogP contribution in [0.25, 0.3) is 17.2 Å². The van der Waals surface area contributed by atoms with Crippen LogP contribution in [0.4, 0.5) is 13.2 Å². The topological polar surface area (TPSA) is 33.1 Å². The summed E-state index contributed by atoms with van der Waals surface area (Å²) in [4.78, 5) is 3.85. The highest BCUT2D eigenvalue weighted by Crippen LogP contribution is 2.36. The minimum absolute atomic E-state index is 0.0892. The molecule has 2 rings (SSSR count). The largest absolute Gasteiger partial charge is 0.516 e. The van der Waals surface area contributed by atoms with Crippen molar-refractivity contribution in [1.29, 1.82) is 0 Å². The third-order valence-electron chi connectivity index (χ3n) is 2.72. The highest BCUT2D eigenvalue weighted by molar-refractivity contribution is 9.10. The van der Waals surface area contributed by atoms with Crippen LogP contribution in [0.2, 0.25) is 5.15 Å². The van der Waals surface area contributed by atoms with Crippen molar-refractivity contribution in [2.75, 3.05) is 0 Å². The second kappa shape index (κ2) is 6.07. The second-order valence-electron chi connectivity index (χ2n) is 4.11. The number of aromatic nitrogens is 1. The number of halogens is 5. The molecule has 7 heteroatoms. The Bertz CT molecular complexity index is 701. The van der Waals surface area contributed by atoms with Gasteiger partial charge in [-0.15, -0.1) is 0 Å². The summed E-state index contributed by atoms with van der Waals surface area (Å²) < 4.78 is 38.9. The van der Waals surface area contributed by atoms with Gasteiger partial charge < -0.3 is 5.11 Å². The molecule has 0 saturated carbocycles. The van der Waals surface area contributed by atoms with Gasteiger partial charge in [0.05, 0.1) is 11.8 Å². The number of rotatable bonds is 2. The highest BCUT2D eigenvalue weighted by atomic mass is 79.9. The van der Waals surface area contributed by atoms with E-state index in [0.29, 0.717) is 21.2 Å². The third-order valence-corrected chi connectivity index (χ3v) is 3.48. The van der Waals surface area contributed by atoms with E-state index in [9.17, 15) is 13.2 Å². The fraction of sp³-hybridized carbons (Fsp3) is 0.0714. The molecule has 0 radical (unpaired) electrons. The number of aliphatic hydroxyl groups is 1. The molecule has 2 aromatic rings. The van der Waals surface area contributed by atoms with E-state index >= 15 is 0 Å². The summed E-state index contributed by atoms with van der Waals surface area (Å²) in [7, 11) is 0. The number of nitrogens with zero attached hydrogens (tertiary/aromatic N) is 1. The van der Waals surface area contributed by atoms with Crippen LogP contribution in [0.3, 0.4) is 0 Å². The normalized spacial score (nSPS) is 12.0. The van der Waals surface area contributed by atoms with Crippen molar-refractivity contribution in [3.63, 3.8) is 0 Å². The molecule has 21 heavy (non-hydrogen) atoms. The van der Waals surface area contributed by atoms with Crippen molar-refractivity contribution in [1.82, 2.24) is 4.98 Å². The molecule has 1 aromatic carbocycles. The fourth-order valence-corrected chi connectivity index (χ4v) is 2.56. The van der Waals surface area contributed by atoms with Gasteiger partial charge in [0, 0.05) is 16.2 Å². The Kier molecular flexibility index (Phi) is 4.58. The predicted molar refractivity (Wildman–Crippen MR) is 79.0 cm³/mol. The molecular weight excluding hydrogens is 371 g/mol. The molecule has 1 heterocycles. The van der Waals surface area contributed by atoms with Crippen LogP contribution in [-0.2, 0) is 6.18 Å². The van der Waals surface area contributed by atoms with Gasteiger partial charge in [0.1, 0.15) is 5.15 Å². The van der Waals surface area contributed by atoms with Crippen molar-refractivity contribution in [3.8, 4) is 11.1 Å². The maximum Gasteiger partial charge on any atom is 0.416 e. The average Bonchev–Trinajstić information content (AvgIpc) is 2.39. The zero-order valence-corrected chi connectivity index (χ0v) is 12.7. The van der Waals surface area contributed by atoms with E-state index in [4.69, 9.17) is 16.7 Å². The van der Waals surface area contributed by atoms with Gasteiger partial charge in [0.2, 0.25) is 0 Å². The molecule has 0 aliphatic carbocycles. The van der Waals surface area contributed by atoms with Gasteiger partial charge in [0.15, 0.2) is 0 Å². The number of benzene rings is 1. The Hall–Kier alpha value is -1.53. The maximum absolute atomic E-state index is 12.9. The molecule has 0 spiro atoms. The second-order valence-corrected chi connectivity index (χ2v) is 5.38. The van der Waals surface area contributed by atoms with E-state index in [0.717, 1.165) is 18.4 Å². The van der Waals surface area contributed by atoms with Crippen LogP contribution in [0.15, 0.2) is 41.2 Å². The van der Waals surface area contributed by atoms with Gasteiger partial charge in [-0.05, 0) is 41.5 Å². The van der Waals surface area contributed by atoms with Crippen molar-refractivity contribution < 1.29 is 18.3 Å². The number of hydrogen-bond acceptors (Lipinski definition) is 2. The van der Waals surface area contributed by atoms with E-state index < -0.39 is 11.7 Å². The van der Waals surface area contributed by atoms with Crippen LogP contribution in [0.1, 0.15) is 11.1 Å². The summed E-state index contributed by atoms with van der Waals surface area (Å²) in [5.41, 5.74) is 0.313. The smallest absolute Gasteiger partial charge is 0.416 e. The van der Waals surface area contributed by atoms with Crippen LogP contribution >= 0.6 is 27.5 Å². The first-order valence-corrected chi connectivity index (χ1v) is 6.83. The summed E-state index contributed by atoms with van der Waals surface area (Å²) in [6, 6.07) is 5.08. The zero-order chi connectivity index (χ0) is 15.6. The average molecular weight is 379 g/mol. The molecule has 1 N–H and O–H groups in total. The van der Waals surface area contributed by atoms with Crippen LogP contribution in [0, 0.1) is 0 Å². The maximum atomic E-state index is 12.9. The molecule has 0 aliphatic rings. The lowest BCUT2D eigenvalue weighted by Gasteiger charge is -2.12. The molecule has 0 fully saturated rings. The number of pyridine rings is 1. The van der Waals surface area contributed by atoms with Crippen molar-refractivity contribution >= 4 is 33.6 Å². The Morgan fingerprint density at radius 3 is 2.57 bits per heavy atom. The lowest BCUT2D eigenvalue weighted by molar-refractivity contribution is -0.137. The van der Waals surface area contributed by atoms with Gasteiger partial charge in [0.25, 0.3) is 0 Å². The lowest BCUT2D eigenvalue weighted by Crippen LogP contribution is -2.05. The third kappa shape index (κ3) is 3.57. The summed E-state index contributed by atoms with van der Waals surface area (Å²) >= 11 is 8.99. The quantitative estimate of drug-likeness (QED) is 0.536. The van der Waals surface area contributed by atoms with Gasteiger partial charge in [-0.3, -0.25) is 0 Å². The number of hydrogen-bond donors (Lipinski definition) is 1. The standard InChI is InChI=1S/C14H8BrClF3NO/c15-10-6-8(5-9(7-10)14(17,18)19)11-1-3-20-13(16)12(11)2-4-21/h1-7,21H/b4-2+. The molecule has 0 aliphatic heterocycles. The van der Waals surface area contributed by atoms with E-state index in [2.05, 4.69) is 20.9 Å². The minimum atomic E-state index is -4.46. The molecule has 0 atom stereocenters. The predicted octanol–water partition coefficient (Wildman–Crippen LogP) is 5.71. The lowest BCUT2D eigenvalue weighted by atomic mass is 9.99. The number of aliphatic hydroxyl groups excluding tert-OH is 1. The van der Waals surface area contributed by atoms with Crippen LogP contribution < -0.4 is 0 Å². The SMILES string of the molecule is O/C=C/c1c(-c2cc(Br)cc(C(F)(F)F)c2)ccnc1Cl. The number of alkyl halides is 3. The minimum Gasteiger partial charge on any atom is -0.516 e. The zero-order valence-electron chi connectivity index (χ0n) is 10.3. The van der Waals surface area contributed by atoms with Crippen molar-refractivity contribution in [2.45, 2.75) is 6.18 Å². The highest BCUT2D eigenvalue weighted by Gasteiger charge is 2.31. The van der Waals surface area contributed by atoms with E-state index in [-0.39, 0.29) is 5.15 Å². The van der Waals surface area contributed by atoms with E-state index in [1.165, 1.54) is 24.4 Å². The Morgan fingerprint density at radius 1 is 1.24 bits per heavy atom. The fourth-order valence-electron chi connectivity index (χ4n) is 1.84. The van der Waals surface area contributed by atoms with Crippen molar-refractivity contribution in [3.05, 3.63) is 57.5 Å². The van der Waals surface area contributed by atoms with Crippen LogP contribution in [-0.4, -0.2) is 10.1 Å². The summed E-state index contributed by atoms with van der Waals surface area (Å²) in [5.74, 6) is 0. The van der Waals surface area contributed by atoms with E-state index in [1.807, 2.05) is 0 Å². The summed E-state index contributed by atoms with van der Waals surface area (Å²) in [6.45, 7) is 0. The first-order valence-electron chi connectivity index (χ1n) is 5.66. The molecule has 0 amide bonds. The summed E-state index contributed by atoms with van der Waals surface area (Å²) in [5, 5.41) is 8.99. The Balaban J connectivity index is 2.68. The monoisotopic (exact) mass is 377 g/mol. The Morgan fingerprint density at radius 2 is 1.95 bits per heavy atom. The molecule has 2 nitrogen and oxygen atoms in total. The van der Waals surface area contributed by atoms with Gasteiger partial charge in [-0.1, -0.05) is 27.5 Å². The van der Waals surface area contributed by atoms with Gasteiger partial charge in [-0.25, -0.2) is 4.98 Å². The molecule has 1 aromatic heterocycles. The molecule has 0 unspecified atom stereocenters. The van der Waals surface area contributed by atoms with E-state index in [1.54, 1.807) is 0 Å². The van der Waals surface area contributed by atoms with Crippen LogP contribution in [0.5, 0.6) is 0 Å². The molecule has 110 valence electrons. The van der Waals surface area contributed by atoms with Crippen molar-refractivity contribution in [2.24, 2.45) is 0 Å². The Labute approximate surface area is 132 Å².